The van der Waals surface area contributed by atoms with E-state index in [1.54, 1.807) is 30.8 Å². The minimum atomic E-state index is -1.22. The van der Waals surface area contributed by atoms with Crippen molar-refractivity contribution in [1.29, 1.82) is 0 Å². The summed E-state index contributed by atoms with van der Waals surface area (Å²) in [5.74, 6) is -0.267. The Bertz CT molecular complexity index is 1150. The number of nitrogen functional groups attached to an aromatic ring is 1. The first-order valence-corrected chi connectivity index (χ1v) is 9.45. The van der Waals surface area contributed by atoms with Crippen LogP contribution in [0.25, 0.3) is 10.9 Å². The smallest absolute Gasteiger partial charge is 0.341 e. The summed E-state index contributed by atoms with van der Waals surface area (Å²) in [7, 11) is 1.77. The molecule has 1 fully saturated rings. The van der Waals surface area contributed by atoms with Crippen molar-refractivity contribution in [3.63, 3.8) is 0 Å². The largest absolute Gasteiger partial charge is 0.477 e. The third-order valence-electron chi connectivity index (χ3n) is 5.65. The topological polar surface area (TPSA) is 105 Å². The van der Waals surface area contributed by atoms with E-state index in [1.807, 2.05) is 24.3 Å². The van der Waals surface area contributed by atoms with Gasteiger partial charge in [0.15, 0.2) is 0 Å². The van der Waals surface area contributed by atoms with Crippen molar-refractivity contribution >= 4 is 34.1 Å². The Kier molecular flexibility index (Phi) is 4.62. The number of carboxylic acids is 1. The van der Waals surface area contributed by atoms with Gasteiger partial charge in [-0.2, -0.15) is 0 Å². The van der Waals surface area contributed by atoms with Crippen LogP contribution >= 0.6 is 0 Å². The van der Waals surface area contributed by atoms with Crippen LogP contribution in [0.2, 0.25) is 0 Å². The molecular weight excluding hydrogens is 370 g/mol. The zero-order valence-corrected chi connectivity index (χ0v) is 16.4. The maximum atomic E-state index is 12.7. The molecule has 0 amide bonds. The van der Waals surface area contributed by atoms with Gasteiger partial charge in [-0.3, -0.25) is 4.79 Å². The van der Waals surface area contributed by atoms with Crippen LogP contribution in [0.1, 0.15) is 16.1 Å². The average molecular weight is 393 g/mol. The van der Waals surface area contributed by atoms with Crippen LogP contribution in [0.15, 0.2) is 41.3 Å². The Morgan fingerprint density at radius 3 is 2.45 bits per heavy atom. The van der Waals surface area contributed by atoms with E-state index >= 15 is 0 Å². The number of nitrogens with two attached hydrogens (primary N) is 1. The number of carbonyl (C=O) groups is 1. The van der Waals surface area contributed by atoms with Gasteiger partial charge in [0.2, 0.25) is 5.43 Å². The number of hydrogen-bond donors (Lipinski definition) is 2. The molecule has 150 valence electrons. The molecule has 8 heteroatoms. The number of pyridine rings is 2. The number of hydrogen-bond acceptors (Lipinski definition) is 6. The summed E-state index contributed by atoms with van der Waals surface area (Å²) in [6, 6.07) is 9.37. The van der Waals surface area contributed by atoms with E-state index in [0.717, 1.165) is 37.7 Å². The molecule has 3 N–H and O–H groups in total. The molecule has 1 aliphatic heterocycles. The van der Waals surface area contributed by atoms with Crippen molar-refractivity contribution in [1.82, 2.24) is 9.55 Å². The van der Waals surface area contributed by atoms with Gasteiger partial charge in [0.1, 0.15) is 11.4 Å². The molecule has 0 atom stereocenters. The predicted molar refractivity (Wildman–Crippen MR) is 114 cm³/mol. The Morgan fingerprint density at radius 2 is 1.83 bits per heavy atom. The fraction of sp³-hybridized carbons (Fsp3) is 0.286. The van der Waals surface area contributed by atoms with Crippen LogP contribution in [-0.4, -0.2) is 46.8 Å². The molecule has 1 aliphatic rings. The molecule has 4 rings (SSSR count). The highest BCUT2D eigenvalue weighted by Gasteiger charge is 2.23. The van der Waals surface area contributed by atoms with Gasteiger partial charge in [0.05, 0.1) is 16.9 Å². The molecule has 8 nitrogen and oxygen atoms in total. The lowest BCUT2D eigenvalue weighted by Crippen LogP contribution is -2.47. The van der Waals surface area contributed by atoms with Gasteiger partial charge in [-0.1, -0.05) is 6.07 Å². The zero-order chi connectivity index (χ0) is 20.7. The Morgan fingerprint density at radius 1 is 1.14 bits per heavy atom. The van der Waals surface area contributed by atoms with Gasteiger partial charge in [0.25, 0.3) is 0 Å². The van der Waals surface area contributed by atoms with E-state index in [-0.39, 0.29) is 5.56 Å². The summed E-state index contributed by atoms with van der Waals surface area (Å²) >= 11 is 0. The minimum absolute atomic E-state index is 0.212. The van der Waals surface area contributed by atoms with Gasteiger partial charge >= 0.3 is 5.97 Å². The molecule has 2 aromatic heterocycles. The van der Waals surface area contributed by atoms with Crippen LogP contribution in [0.4, 0.5) is 17.2 Å². The maximum Gasteiger partial charge on any atom is 0.341 e. The zero-order valence-electron chi connectivity index (χ0n) is 16.4. The third kappa shape index (κ3) is 3.16. The van der Waals surface area contributed by atoms with Gasteiger partial charge in [-0.05, 0) is 31.2 Å². The highest BCUT2D eigenvalue weighted by atomic mass is 16.4. The van der Waals surface area contributed by atoms with Crippen molar-refractivity contribution in [2.45, 2.75) is 6.92 Å². The maximum absolute atomic E-state index is 12.7. The molecule has 0 saturated carbocycles. The minimum Gasteiger partial charge on any atom is -0.477 e. The van der Waals surface area contributed by atoms with Gasteiger partial charge in [-0.15, -0.1) is 0 Å². The van der Waals surface area contributed by atoms with Crippen molar-refractivity contribution in [3.8, 4) is 0 Å². The Labute approximate surface area is 167 Å². The van der Waals surface area contributed by atoms with E-state index < -0.39 is 11.4 Å². The second-order valence-electron chi connectivity index (χ2n) is 7.24. The summed E-state index contributed by atoms with van der Waals surface area (Å²) in [4.78, 5) is 33.1. The molecule has 1 aromatic carbocycles. The molecule has 1 saturated heterocycles. The van der Waals surface area contributed by atoms with Crippen molar-refractivity contribution in [2.24, 2.45) is 7.05 Å². The second-order valence-corrected chi connectivity index (χ2v) is 7.24. The van der Waals surface area contributed by atoms with E-state index in [1.165, 1.54) is 0 Å². The highest BCUT2D eigenvalue weighted by Crippen LogP contribution is 2.30. The van der Waals surface area contributed by atoms with Crippen molar-refractivity contribution < 1.29 is 9.90 Å². The molecule has 3 heterocycles. The summed E-state index contributed by atoms with van der Waals surface area (Å²) in [6.07, 6.45) is 1.79. The monoisotopic (exact) mass is 393 g/mol. The Hall–Kier alpha value is -3.55. The van der Waals surface area contributed by atoms with Crippen molar-refractivity contribution in [2.75, 3.05) is 41.7 Å². The first-order chi connectivity index (χ1) is 13.9. The number of carboxylic acid groups (broad SMARTS) is 1. The standard InChI is InChI=1S/C21H23N5O3/c1-13-19(21(28)29)20(27)14-11-15(22)17(12-16(14)24(13)2)25-7-9-26(10-8-25)18-5-3-4-6-23-18/h3-6,11-12H,7-10,22H2,1-2H3,(H,28,29). The van der Waals surface area contributed by atoms with Crippen LogP contribution in [-0.2, 0) is 7.05 Å². The second kappa shape index (κ2) is 7.12. The normalized spacial score (nSPS) is 14.4. The number of nitrogens with zero attached hydrogens (tertiary/aromatic N) is 4. The number of rotatable bonds is 3. The van der Waals surface area contributed by atoms with Gasteiger partial charge < -0.3 is 25.2 Å². The lowest BCUT2D eigenvalue weighted by Gasteiger charge is -2.37. The summed E-state index contributed by atoms with van der Waals surface area (Å²) in [5, 5.41) is 9.74. The molecule has 3 aromatic rings. The molecule has 29 heavy (non-hydrogen) atoms. The number of aromatic nitrogens is 2. The molecular formula is C21H23N5O3. The van der Waals surface area contributed by atoms with E-state index in [9.17, 15) is 14.7 Å². The fourth-order valence-electron chi connectivity index (χ4n) is 3.94. The lowest BCUT2D eigenvalue weighted by atomic mass is 10.1. The van der Waals surface area contributed by atoms with E-state index in [4.69, 9.17) is 5.73 Å². The average Bonchev–Trinajstić information content (AvgIpc) is 2.72. The summed E-state index contributed by atoms with van der Waals surface area (Å²) < 4.78 is 1.74. The number of piperazine rings is 1. The quantitative estimate of drug-likeness (QED) is 0.654. The van der Waals surface area contributed by atoms with Gasteiger partial charge in [-0.25, -0.2) is 9.78 Å². The van der Waals surface area contributed by atoms with Crippen LogP contribution in [0.5, 0.6) is 0 Å². The summed E-state index contributed by atoms with van der Waals surface area (Å²) in [5.41, 5.74) is 8.00. The van der Waals surface area contributed by atoms with Gasteiger partial charge in [0, 0.05) is 50.5 Å². The van der Waals surface area contributed by atoms with Crippen LogP contribution in [0.3, 0.4) is 0 Å². The van der Waals surface area contributed by atoms with E-state index in [0.29, 0.717) is 22.3 Å². The first kappa shape index (κ1) is 18.8. The number of anilines is 3. The number of benzene rings is 1. The number of aromatic carboxylic acids is 1. The van der Waals surface area contributed by atoms with E-state index in [2.05, 4.69) is 14.8 Å². The molecule has 0 spiro atoms. The predicted octanol–water partition coefficient (Wildman–Crippen LogP) is 1.85. The fourth-order valence-corrected chi connectivity index (χ4v) is 3.94. The molecule has 0 bridgehead atoms. The molecule has 0 unspecified atom stereocenters. The lowest BCUT2D eigenvalue weighted by molar-refractivity contribution is 0.0694. The number of aryl methyl sites for hydroxylation is 1. The summed E-state index contributed by atoms with van der Waals surface area (Å²) in [6.45, 7) is 4.81. The van der Waals surface area contributed by atoms with Crippen LogP contribution in [0, 0.1) is 6.92 Å². The Balaban J connectivity index is 1.70. The molecule has 0 radical (unpaired) electrons. The SMILES string of the molecule is Cc1c(C(=O)O)c(=O)c2cc(N)c(N3CCN(c4ccccn4)CC3)cc2n1C. The number of fused-ring (bicyclic) bond motifs is 1. The van der Waals surface area contributed by atoms with Crippen molar-refractivity contribution in [3.05, 3.63) is 58.0 Å². The van der Waals surface area contributed by atoms with Crippen LogP contribution < -0.4 is 21.0 Å². The highest BCUT2D eigenvalue weighted by molar-refractivity contribution is 5.97. The molecule has 0 aliphatic carbocycles. The third-order valence-corrected chi connectivity index (χ3v) is 5.65. The first-order valence-electron chi connectivity index (χ1n) is 9.45.